The van der Waals surface area contributed by atoms with Crippen LogP contribution >= 0.6 is 0 Å². The van der Waals surface area contributed by atoms with Crippen molar-refractivity contribution in [2.24, 2.45) is 0 Å². The van der Waals surface area contributed by atoms with Gasteiger partial charge in [0.1, 0.15) is 5.82 Å². The molecule has 0 radical (unpaired) electrons. The first-order chi connectivity index (χ1) is 15.8. The predicted octanol–water partition coefficient (Wildman–Crippen LogP) is 3.45. The summed E-state index contributed by atoms with van der Waals surface area (Å²) in [6.45, 7) is 5.01. The van der Waals surface area contributed by atoms with Crippen molar-refractivity contribution in [3.63, 3.8) is 0 Å². The van der Waals surface area contributed by atoms with Gasteiger partial charge in [-0.3, -0.25) is 24.8 Å². The van der Waals surface area contributed by atoms with Gasteiger partial charge in [0.25, 0.3) is 5.69 Å². The number of pyridine rings is 1. The Morgan fingerprint density at radius 3 is 2.64 bits per heavy atom. The van der Waals surface area contributed by atoms with Crippen LogP contribution in [-0.4, -0.2) is 64.9 Å². The van der Waals surface area contributed by atoms with E-state index in [-0.39, 0.29) is 28.4 Å². The SMILES string of the molecule is CC(C(=O)N(C)Cc1cccc(F)c1)N1CCN(c2ccc([N+](=O)[O-])c3cnccc23)CC1. The lowest BCUT2D eigenvalue weighted by molar-refractivity contribution is -0.383. The molecule has 33 heavy (non-hydrogen) atoms. The van der Waals surface area contributed by atoms with Gasteiger partial charge in [0, 0.05) is 69.3 Å². The largest absolute Gasteiger partial charge is 0.368 e. The molecule has 2 heterocycles. The molecule has 1 unspecified atom stereocenters. The Balaban J connectivity index is 1.42. The van der Waals surface area contributed by atoms with Gasteiger partial charge in [-0.15, -0.1) is 0 Å². The fourth-order valence-corrected chi connectivity index (χ4v) is 4.41. The fraction of sp³-hybridized carbons (Fsp3) is 0.333. The molecule has 0 bridgehead atoms. The monoisotopic (exact) mass is 451 g/mol. The summed E-state index contributed by atoms with van der Waals surface area (Å²) in [7, 11) is 1.73. The number of hydrogen-bond acceptors (Lipinski definition) is 6. The number of benzene rings is 2. The molecule has 1 aliphatic rings. The standard InChI is InChI=1S/C24H26FN5O3/c1-17(24(31)27(2)16-18-4-3-5-19(25)14-18)28-10-12-29(13-11-28)22-6-7-23(30(32)33)21-15-26-9-8-20(21)22/h3-9,14-15,17H,10-13,16H2,1-2H3. The van der Waals surface area contributed by atoms with Crippen molar-refractivity contribution in [2.75, 3.05) is 38.1 Å². The van der Waals surface area contributed by atoms with Gasteiger partial charge in [0.05, 0.1) is 16.4 Å². The Hall–Kier alpha value is -3.59. The lowest BCUT2D eigenvalue weighted by Crippen LogP contribution is -2.54. The average molecular weight is 452 g/mol. The normalized spacial score (nSPS) is 15.4. The highest BCUT2D eigenvalue weighted by Gasteiger charge is 2.28. The molecule has 1 aromatic heterocycles. The van der Waals surface area contributed by atoms with E-state index >= 15 is 0 Å². The summed E-state index contributed by atoms with van der Waals surface area (Å²) in [5, 5.41) is 12.7. The Kier molecular flexibility index (Phi) is 6.50. The Bertz CT molecular complexity index is 1180. The van der Waals surface area contributed by atoms with Gasteiger partial charge in [-0.05, 0) is 36.8 Å². The van der Waals surface area contributed by atoms with E-state index in [0.717, 1.165) is 16.6 Å². The van der Waals surface area contributed by atoms with Crippen molar-refractivity contribution in [3.05, 3.63) is 76.4 Å². The van der Waals surface area contributed by atoms with Crippen molar-refractivity contribution in [1.82, 2.24) is 14.8 Å². The van der Waals surface area contributed by atoms with E-state index in [1.54, 1.807) is 42.4 Å². The number of amides is 1. The lowest BCUT2D eigenvalue weighted by Gasteiger charge is -2.39. The summed E-state index contributed by atoms with van der Waals surface area (Å²) < 4.78 is 13.5. The summed E-state index contributed by atoms with van der Waals surface area (Å²) in [5.41, 5.74) is 1.73. The number of piperazine rings is 1. The number of carbonyl (C=O) groups excluding carboxylic acids is 1. The molecule has 0 saturated carbocycles. The Morgan fingerprint density at radius 2 is 1.94 bits per heavy atom. The van der Waals surface area contributed by atoms with Crippen LogP contribution in [0.15, 0.2) is 54.9 Å². The molecular weight excluding hydrogens is 425 g/mol. The summed E-state index contributed by atoms with van der Waals surface area (Å²) >= 11 is 0. The van der Waals surface area contributed by atoms with Gasteiger partial charge in [0.15, 0.2) is 0 Å². The van der Waals surface area contributed by atoms with Crippen LogP contribution in [-0.2, 0) is 11.3 Å². The minimum absolute atomic E-state index is 0.0143. The maximum Gasteiger partial charge on any atom is 0.278 e. The minimum atomic E-state index is -0.390. The number of carbonyl (C=O) groups is 1. The second-order valence-corrected chi connectivity index (χ2v) is 8.31. The smallest absolute Gasteiger partial charge is 0.278 e. The van der Waals surface area contributed by atoms with Gasteiger partial charge in [-0.25, -0.2) is 4.39 Å². The molecule has 1 saturated heterocycles. The molecule has 4 rings (SSSR count). The molecular formula is C24H26FN5O3. The number of nitro groups is 1. The van der Waals surface area contributed by atoms with Crippen LogP contribution in [0.2, 0.25) is 0 Å². The molecule has 1 amide bonds. The van der Waals surface area contributed by atoms with Crippen LogP contribution in [0.4, 0.5) is 15.8 Å². The third kappa shape index (κ3) is 4.78. The molecule has 172 valence electrons. The number of halogens is 1. The van der Waals surface area contributed by atoms with Crippen molar-refractivity contribution in [1.29, 1.82) is 0 Å². The fourth-order valence-electron chi connectivity index (χ4n) is 4.41. The Morgan fingerprint density at radius 1 is 1.18 bits per heavy atom. The van der Waals surface area contributed by atoms with Crippen LogP contribution in [0.5, 0.6) is 0 Å². The average Bonchev–Trinajstić information content (AvgIpc) is 2.82. The van der Waals surface area contributed by atoms with E-state index < -0.39 is 0 Å². The lowest BCUT2D eigenvalue weighted by atomic mass is 10.1. The van der Waals surface area contributed by atoms with Crippen LogP contribution in [0.25, 0.3) is 10.8 Å². The first-order valence-electron chi connectivity index (χ1n) is 10.8. The Labute approximate surface area is 191 Å². The zero-order chi connectivity index (χ0) is 23.5. The highest BCUT2D eigenvalue weighted by atomic mass is 19.1. The second-order valence-electron chi connectivity index (χ2n) is 8.31. The highest BCUT2D eigenvalue weighted by Crippen LogP contribution is 2.33. The molecule has 2 aromatic carbocycles. The van der Waals surface area contributed by atoms with E-state index in [1.165, 1.54) is 24.4 Å². The van der Waals surface area contributed by atoms with E-state index in [9.17, 15) is 19.3 Å². The molecule has 0 spiro atoms. The number of likely N-dealkylation sites (N-methyl/N-ethyl adjacent to an activating group) is 1. The van der Waals surface area contributed by atoms with Crippen LogP contribution in [0.1, 0.15) is 12.5 Å². The molecule has 0 aliphatic carbocycles. The number of non-ortho nitro benzene ring substituents is 1. The van der Waals surface area contributed by atoms with E-state index in [4.69, 9.17) is 0 Å². The van der Waals surface area contributed by atoms with Crippen molar-refractivity contribution >= 4 is 28.1 Å². The number of aromatic nitrogens is 1. The summed E-state index contributed by atoms with van der Waals surface area (Å²) in [4.78, 5) is 34.0. The van der Waals surface area contributed by atoms with Gasteiger partial charge < -0.3 is 9.80 Å². The maximum absolute atomic E-state index is 13.5. The quantitative estimate of drug-likeness (QED) is 0.422. The number of hydrogen-bond donors (Lipinski definition) is 0. The topological polar surface area (TPSA) is 82.8 Å². The van der Waals surface area contributed by atoms with Crippen molar-refractivity contribution in [2.45, 2.75) is 19.5 Å². The second kappa shape index (κ2) is 9.50. The third-order valence-corrected chi connectivity index (χ3v) is 6.21. The number of nitrogens with zero attached hydrogens (tertiary/aromatic N) is 5. The zero-order valence-corrected chi connectivity index (χ0v) is 18.6. The molecule has 1 aliphatic heterocycles. The highest BCUT2D eigenvalue weighted by molar-refractivity contribution is 5.99. The van der Waals surface area contributed by atoms with Crippen molar-refractivity contribution < 1.29 is 14.1 Å². The summed E-state index contributed by atoms with van der Waals surface area (Å²) in [5.74, 6) is -0.327. The van der Waals surface area contributed by atoms with Crippen LogP contribution in [0.3, 0.4) is 0 Å². The first kappa shape index (κ1) is 22.6. The summed E-state index contributed by atoms with van der Waals surface area (Å²) in [6.07, 6.45) is 3.17. The van der Waals surface area contributed by atoms with Crippen molar-refractivity contribution in [3.8, 4) is 0 Å². The maximum atomic E-state index is 13.5. The zero-order valence-electron chi connectivity index (χ0n) is 18.6. The van der Waals surface area contributed by atoms with E-state index in [1.807, 2.05) is 6.92 Å². The minimum Gasteiger partial charge on any atom is -0.368 e. The van der Waals surface area contributed by atoms with Gasteiger partial charge >= 0.3 is 0 Å². The summed E-state index contributed by atoms with van der Waals surface area (Å²) in [6, 6.07) is 11.1. The van der Waals surface area contributed by atoms with Crippen LogP contribution in [0, 0.1) is 15.9 Å². The molecule has 3 aromatic rings. The van der Waals surface area contributed by atoms with E-state index in [2.05, 4.69) is 14.8 Å². The molecule has 9 heteroatoms. The molecule has 0 N–H and O–H groups in total. The number of fused-ring (bicyclic) bond motifs is 1. The number of rotatable bonds is 6. The third-order valence-electron chi connectivity index (χ3n) is 6.21. The van der Waals surface area contributed by atoms with Gasteiger partial charge in [0.2, 0.25) is 5.91 Å². The molecule has 8 nitrogen and oxygen atoms in total. The van der Waals surface area contributed by atoms with Gasteiger partial charge in [-0.1, -0.05) is 12.1 Å². The van der Waals surface area contributed by atoms with E-state index in [0.29, 0.717) is 38.1 Å². The van der Waals surface area contributed by atoms with Crippen LogP contribution < -0.4 is 4.90 Å². The number of nitro benzene ring substituents is 1. The number of anilines is 1. The molecule has 1 atom stereocenters. The predicted molar refractivity (Wildman–Crippen MR) is 125 cm³/mol. The molecule has 1 fully saturated rings. The first-order valence-corrected chi connectivity index (χ1v) is 10.8. The van der Waals surface area contributed by atoms with Gasteiger partial charge in [-0.2, -0.15) is 0 Å².